The smallest absolute Gasteiger partial charge is 0.248 e. The number of benzene rings is 2. The minimum atomic E-state index is -0.446. The molecule has 3 aromatic rings. The first-order valence-electron chi connectivity index (χ1n) is 11.2. The molecule has 0 bridgehead atoms. The number of hydrogen-bond acceptors (Lipinski definition) is 5. The molecule has 1 aliphatic heterocycles. The zero-order valence-corrected chi connectivity index (χ0v) is 19.7. The number of methoxy groups -OCH3 is 1. The molecular weight excluding hydrogens is 414 g/mol. The molecule has 0 spiro atoms. The summed E-state index contributed by atoms with van der Waals surface area (Å²) in [6.45, 7) is 9.59. The predicted molar refractivity (Wildman–Crippen MR) is 129 cm³/mol. The van der Waals surface area contributed by atoms with Gasteiger partial charge in [0.2, 0.25) is 5.91 Å². The molecule has 0 radical (unpaired) electrons. The topological polar surface area (TPSA) is 77.7 Å². The van der Waals surface area contributed by atoms with Gasteiger partial charge >= 0.3 is 0 Å². The highest BCUT2D eigenvalue weighted by molar-refractivity contribution is 5.94. The predicted octanol–water partition coefficient (Wildman–Crippen LogP) is 4.35. The van der Waals surface area contributed by atoms with Crippen molar-refractivity contribution in [2.45, 2.75) is 33.4 Å². The molecule has 1 fully saturated rings. The number of nitrogens with two attached hydrogens (primary N) is 1. The van der Waals surface area contributed by atoms with Crippen molar-refractivity contribution in [3.63, 3.8) is 0 Å². The third-order valence-electron chi connectivity index (χ3n) is 6.50. The quantitative estimate of drug-likeness (QED) is 0.610. The zero-order valence-electron chi connectivity index (χ0n) is 19.7. The van der Waals surface area contributed by atoms with Gasteiger partial charge in [0.25, 0.3) is 0 Å². The summed E-state index contributed by atoms with van der Waals surface area (Å²) >= 11 is 0. The number of carbonyl (C=O) groups excluding carboxylic acids is 1. The molecule has 0 aliphatic carbocycles. The second kappa shape index (κ2) is 9.73. The molecule has 1 saturated heterocycles. The maximum atomic E-state index is 11.6. The standard InChI is InChI=1S/C27H31N3O3/c1-17-13-25(32-4)19(3)18(2)22(17)15-30-11-12-33-26(16-30)24-10-6-9-23(29-24)20-7-5-8-21(14-20)27(28)31/h5-10,13-14,26H,11-12,15-16H2,1-4H3,(H2,28,31)/t26-/m0/s1. The van der Waals surface area contributed by atoms with E-state index in [0.29, 0.717) is 12.2 Å². The maximum absolute atomic E-state index is 11.6. The Morgan fingerprint density at radius 1 is 1.15 bits per heavy atom. The van der Waals surface area contributed by atoms with Gasteiger partial charge in [0.05, 0.1) is 25.1 Å². The van der Waals surface area contributed by atoms with Crippen LogP contribution in [0.5, 0.6) is 5.75 Å². The Kier molecular flexibility index (Phi) is 6.77. The normalized spacial score (nSPS) is 16.5. The van der Waals surface area contributed by atoms with Crippen LogP contribution < -0.4 is 10.5 Å². The Hall–Kier alpha value is -3.22. The summed E-state index contributed by atoms with van der Waals surface area (Å²) in [6, 6.07) is 15.3. The van der Waals surface area contributed by atoms with Gasteiger partial charge < -0.3 is 15.2 Å². The van der Waals surface area contributed by atoms with Crippen LogP contribution in [-0.2, 0) is 11.3 Å². The molecule has 1 amide bonds. The van der Waals surface area contributed by atoms with E-state index in [0.717, 1.165) is 42.3 Å². The summed E-state index contributed by atoms with van der Waals surface area (Å²) in [5, 5.41) is 0. The van der Waals surface area contributed by atoms with E-state index in [9.17, 15) is 4.79 Å². The largest absolute Gasteiger partial charge is 0.496 e. The molecule has 1 aromatic heterocycles. The van der Waals surface area contributed by atoms with Gasteiger partial charge in [-0.15, -0.1) is 0 Å². The molecule has 6 heteroatoms. The highest BCUT2D eigenvalue weighted by Crippen LogP contribution is 2.30. The molecule has 2 N–H and O–H groups in total. The summed E-state index contributed by atoms with van der Waals surface area (Å²) in [5.74, 6) is 0.494. The SMILES string of the molecule is COc1cc(C)c(CN2CCO[C@H](c3cccc(-c4cccc(C(N)=O)c4)n3)C2)c(C)c1C. The first-order valence-corrected chi connectivity index (χ1v) is 11.2. The lowest BCUT2D eigenvalue weighted by atomic mass is 9.96. The van der Waals surface area contributed by atoms with Crippen LogP contribution in [0.2, 0.25) is 0 Å². The number of aryl methyl sites for hydroxylation is 1. The fourth-order valence-corrected chi connectivity index (χ4v) is 4.43. The van der Waals surface area contributed by atoms with E-state index in [-0.39, 0.29) is 6.10 Å². The lowest BCUT2D eigenvalue weighted by molar-refractivity contribution is -0.0350. The summed E-state index contributed by atoms with van der Waals surface area (Å²) in [5.41, 5.74) is 13.5. The molecule has 1 atom stereocenters. The first kappa shape index (κ1) is 23.0. The molecule has 6 nitrogen and oxygen atoms in total. The summed E-state index contributed by atoms with van der Waals surface area (Å²) in [7, 11) is 1.72. The van der Waals surface area contributed by atoms with Crippen LogP contribution >= 0.6 is 0 Å². The number of aromatic nitrogens is 1. The number of hydrogen-bond donors (Lipinski definition) is 1. The van der Waals surface area contributed by atoms with Crippen LogP contribution in [0.3, 0.4) is 0 Å². The van der Waals surface area contributed by atoms with Crippen LogP contribution in [-0.4, -0.2) is 42.6 Å². The Morgan fingerprint density at radius 3 is 2.70 bits per heavy atom. The van der Waals surface area contributed by atoms with E-state index in [4.69, 9.17) is 20.2 Å². The molecule has 4 rings (SSSR count). The van der Waals surface area contributed by atoms with Crippen molar-refractivity contribution in [3.05, 3.63) is 82.0 Å². The van der Waals surface area contributed by atoms with Crippen molar-refractivity contribution >= 4 is 5.91 Å². The maximum Gasteiger partial charge on any atom is 0.248 e. The lowest BCUT2D eigenvalue weighted by Crippen LogP contribution is -2.38. The Morgan fingerprint density at radius 2 is 1.94 bits per heavy atom. The average Bonchev–Trinajstić information content (AvgIpc) is 2.84. The number of rotatable bonds is 6. The van der Waals surface area contributed by atoms with Crippen molar-refractivity contribution in [1.82, 2.24) is 9.88 Å². The fraction of sp³-hybridized carbons (Fsp3) is 0.333. The number of amides is 1. The number of nitrogens with zero attached hydrogens (tertiary/aromatic N) is 2. The second-order valence-corrected chi connectivity index (χ2v) is 8.61. The number of carbonyl (C=O) groups is 1. The Bertz CT molecular complexity index is 1180. The van der Waals surface area contributed by atoms with E-state index < -0.39 is 5.91 Å². The minimum Gasteiger partial charge on any atom is -0.496 e. The van der Waals surface area contributed by atoms with Crippen molar-refractivity contribution in [3.8, 4) is 17.0 Å². The van der Waals surface area contributed by atoms with Crippen molar-refractivity contribution < 1.29 is 14.3 Å². The van der Waals surface area contributed by atoms with Crippen molar-refractivity contribution in [1.29, 1.82) is 0 Å². The zero-order chi connectivity index (χ0) is 23.5. The highest BCUT2D eigenvalue weighted by Gasteiger charge is 2.25. The number of morpholine rings is 1. The van der Waals surface area contributed by atoms with Gasteiger partial charge in [-0.3, -0.25) is 14.7 Å². The first-order chi connectivity index (χ1) is 15.9. The fourth-order valence-electron chi connectivity index (χ4n) is 4.43. The van der Waals surface area contributed by atoms with Gasteiger partial charge in [-0.25, -0.2) is 0 Å². The van der Waals surface area contributed by atoms with Gasteiger partial charge in [0.15, 0.2) is 0 Å². The molecule has 2 aromatic carbocycles. The van der Waals surface area contributed by atoms with E-state index in [1.54, 1.807) is 19.2 Å². The molecule has 1 aliphatic rings. The van der Waals surface area contributed by atoms with E-state index in [1.807, 2.05) is 30.3 Å². The van der Waals surface area contributed by atoms with Crippen LogP contribution in [0.25, 0.3) is 11.3 Å². The van der Waals surface area contributed by atoms with Gasteiger partial charge in [-0.1, -0.05) is 18.2 Å². The van der Waals surface area contributed by atoms with Crippen LogP contribution in [0, 0.1) is 20.8 Å². The summed E-state index contributed by atoms with van der Waals surface area (Å²) < 4.78 is 11.6. The summed E-state index contributed by atoms with van der Waals surface area (Å²) in [4.78, 5) is 18.8. The van der Waals surface area contributed by atoms with E-state index in [2.05, 4.69) is 31.7 Å². The van der Waals surface area contributed by atoms with Crippen molar-refractivity contribution in [2.24, 2.45) is 5.73 Å². The van der Waals surface area contributed by atoms with Gasteiger partial charge in [0, 0.05) is 30.8 Å². The van der Waals surface area contributed by atoms with Crippen LogP contribution in [0.15, 0.2) is 48.5 Å². The summed E-state index contributed by atoms with van der Waals surface area (Å²) in [6.07, 6.45) is -0.113. The number of pyridine rings is 1. The van der Waals surface area contributed by atoms with E-state index >= 15 is 0 Å². The number of ether oxygens (including phenoxy) is 2. The lowest BCUT2D eigenvalue weighted by Gasteiger charge is -2.33. The van der Waals surface area contributed by atoms with Gasteiger partial charge in [-0.2, -0.15) is 0 Å². The molecular formula is C27H31N3O3. The monoisotopic (exact) mass is 445 g/mol. The van der Waals surface area contributed by atoms with Crippen molar-refractivity contribution in [2.75, 3.05) is 26.8 Å². The van der Waals surface area contributed by atoms with E-state index in [1.165, 1.54) is 22.3 Å². The Balaban J connectivity index is 1.54. The highest BCUT2D eigenvalue weighted by atomic mass is 16.5. The second-order valence-electron chi connectivity index (χ2n) is 8.61. The average molecular weight is 446 g/mol. The number of primary amides is 1. The van der Waals surface area contributed by atoms with Crippen LogP contribution in [0.4, 0.5) is 0 Å². The Labute approximate surface area is 195 Å². The van der Waals surface area contributed by atoms with Gasteiger partial charge in [0.1, 0.15) is 11.9 Å². The van der Waals surface area contributed by atoms with Gasteiger partial charge in [-0.05, 0) is 73.4 Å². The third-order valence-corrected chi connectivity index (χ3v) is 6.50. The van der Waals surface area contributed by atoms with Crippen LogP contribution in [0.1, 0.15) is 44.4 Å². The molecule has 33 heavy (non-hydrogen) atoms. The third kappa shape index (κ3) is 4.92. The molecule has 2 heterocycles. The minimum absolute atomic E-state index is 0.113. The molecule has 0 unspecified atom stereocenters. The molecule has 0 saturated carbocycles. The molecule has 172 valence electrons.